The molecular formula is C20H20N10O8S3. The van der Waals surface area contributed by atoms with Gasteiger partial charge in [-0.25, -0.2) is 4.79 Å². The summed E-state index contributed by atoms with van der Waals surface area (Å²) in [6.07, 6.45) is 0. The fourth-order valence-electron chi connectivity index (χ4n) is 4.13. The van der Waals surface area contributed by atoms with Crippen LogP contribution >= 0.6 is 35.1 Å². The lowest BCUT2D eigenvalue weighted by Gasteiger charge is -2.53. The van der Waals surface area contributed by atoms with E-state index in [4.69, 9.17) is 15.7 Å². The summed E-state index contributed by atoms with van der Waals surface area (Å²) in [5.41, 5.74) is 3.35. The van der Waals surface area contributed by atoms with Gasteiger partial charge in [-0.15, -0.1) is 28.6 Å². The third-order valence-electron chi connectivity index (χ3n) is 6.13. The van der Waals surface area contributed by atoms with E-state index in [1.165, 1.54) is 35.9 Å². The van der Waals surface area contributed by atoms with Gasteiger partial charge in [0, 0.05) is 29.6 Å². The molecule has 5 rings (SSSR count). The molecule has 2 unspecified atom stereocenters. The van der Waals surface area contributed by atoms with Crippen LogP contribution in [0.25, 0.3) is 5.65 Å². The van der Waals surface area contributed by atoms with Crippen LogP contribution in [-0.4, -0.2) is 110 Å². The number of nitrogens with zero attached hydrogens (tertiary/aromatic N) is 8. The molecule has 2 fully saturated rings. The third-order valence-corrected chi connectivity index (χ3v) is 9.47. The molecule has 3 aromatic heterocycles. The molecule has 21 heteroatoms. The van der Waals surface area contributed by atoms with Crippen LogP contribution in [0.2, 0.25) is 0 Å². The van der Waals surface area contributed by atoms with Gasteiger partial charge in [0.05, 0.1) is 0 Å². The Morgan fingerprint density at radius 2 is 2.07 bits per heavy atom. The van der Waals surface area contributed by atoms with Crippen molar-refractivity contribution in [2.45, 2.75) is 23.0 Å². The Labute approximate surface area is 241 Å². The number of carboxylic acid groups (broad SMARTS) is 2. The van der Waals surface area contributed by atoms with Crippen LogP contribution in [0.1, 0.15) is 5.82 Å². The quantitative estimate of drug-likeness (QED) is 0.0826. The summed E-state index contributed by atoms with van der Waals surface area (Å²) in [4.78, 5) is 71.6. The zero-order chi connectivity index (χ0) is 29.5. The lowest BCUT2D eigenvalue weighted by atomic mass is 9.89. The average Bonchev–Trinajstić information content (AvgIpc) is 3.50. The summed E-state index contributed by atoms with van der Waals surface area (Å²) in [5.74, 6) is -3.50. The van der Waals surface area contributed by atoms with Crippen molar-refractivity contribution in [2.75, 3.05) is 30.9 Å². The molecule has 41 heavy (non-hydrogen) atoms. The van der Waals surface area contributed by atoms with Crippen LogP contribution in [0.5, 0.6) is 0 Å². The summed E-state index contributed by atoms with van der Waals surface area (Å²) in [5, 5.41) is 33.3. The molecule has 2 aliphatic heterocycles. The first-order valence-corrected chi connectivity index (χ1v) is 14.3. The van der Waals surface area contributed by atoms with Crippen LogP contribution in [-0.2, 0) is 30.6 Å². The second kappa shape index (κ2) is 11.0. The van der Waals surface area contributed by atoms with Crippen molar-refractivity contribution in [1.29, 1.82) is 0 Å². The van der Waals surface area contributed by atoms with Crippen molar-refractivity contribution < 1.29 is 34.2 Å². The van der Waals surface area contributed by atoms with Gasteiger partial charge in [0.15, 0.2) is 10.8 Å². The number of carbonyl (C=O) groups excluding carboxylic acids is 2. The normalized spacial score (nSPS) is 22.2. The van der Waals surface area contributed by atoms with Gasteiger partial charge >= 0.3 is 17.6 Å². The minimum Gasteiger partial charge on any atom is -0.481 e. The molecule has 5 N–H and O–H groups in total. The Kier molecular flexibility index (Phi) is 7.57. The number of amides is 2. The van der Waals surface area contributed by atoms with Crippen molar-refractivity contribution >= 4 is 75.3 Å². The Hall–Kier alpha value is -4.24. The number of hydrogen-bond acceptors (Lipinski definition) is 15. The minimum absolute atomic E-state index is 0.0148. The van der Waals surface area contributed by atoms with Gasteiger partial charge in [-0.3, -0.25) is 19.2 Å². The molecule has 0 aliphatic carbocycles. The lowest BCUT2D eigenvalue weighted by Crippen LogP contribution is -2.74. The number of β-lactam (4-membered cyclic amide) rings is 1. The van der Waals surface area contributed by atoms with E-state index < -0.39 is 52.8 Å². The van der Waals surface area contributed by atoms with Gasteiger partial charge in [0.25, 0.3) is 5.91 Å². The molecular weight excluding hydrogens is 604 g/mol. The second-order valence-electron chi connectivity index (χ2n) is 8.85. The predicted molar refractivity (Wildman–Crippen MR) is 143 cm³/mol. The first kappa shape index (κ1) is 28.3. The Morgan fingerprint density at radius 1 is 1.29 bits per heavy atom. The van der Waals surface area contributed by atoms with E-state index >= 15 is 0 Å². The molecule has 3 aromatic rings. The highest BCUT2D eigenvalue weighted by Crippen LogP contribution is 2.44. The van der Waals surface area contributed by atoms with Crippen molar-refractivity contribution in [1.82, 2.24) is 39.0 Å². The minimum atomic E-state index is -1.35. The largest absolute Gasteiger partial charge is 0.481 e. The van der Waals surface area contributed by atoms with E-state index in [-0.39, 0.29) is 40.4 Å². The second-order valence-corrected chi connectivity index (χ2v) is 11.7. The van der Waals surface area contributed by atoms with Gasteiger partial charge < -0.3 is 31.0 Å². The summed E-state index contributed by atoms with van der Waals surface area (Å²) in [7, 11) is 1.23. The fraction of sp³-hybridized carbons (Fsp3) is 0.400. The SMILES string of the molecule is CON=C(C(=O)NC1C(=O)N2CC(CSc3ccc4nn(CC(=O)O)c(=O)n4n3)(C(=O)O)CS[C@H]12)c1nsc(N)n1. The molecule has 3 atom stereocenters. The number of anilines is 1. The molecule has 0 bridgehead atoms. The smallest absolute Gasteiger partial charge is 0.367 e. The van der Waals surface area contributed by atoms with E-state index in [0.717, 1.165) is 32.5 Å². The number of hydrogen-bond donors (Lipinski definition) is 4. The fourth-order valence-corrected chi connectivity index (χ4v) is 7.28. The number of aliphatic carboxylic acids is 2. The first-order valence-electron chi connectivity index (χ1n) is 11.5. The average molecular weight is 625 g/mol. The van der Waals surface area contributed by atoms with Gasteiger partial charge in [0.2, 0.25) is 17.4 Å². The summed E-state index contributed by atoms with van der Waals surface area (Å²) in [6, 6.07) is 2.08. The highest BCUT2D eigenvalue weighted by atomic mass is 32.2. The summed E-state index contributed by atoms with van der Waals surface area (Å²) in [6.45, 7) is -0.743. The highest BCUT2D eigenvalue weighted by molar-refractivity contribution is 8.00. The molecule has 0 radical (unpaired) electrons. The maximum Gasteiger partial charge on any atom is 0.367 e. The third kappa shape index (κ3) is 5.29. The van der Waals surface area contributed by atoms with Crippen molar-refractivity contribution in [3.8, 4) is 0 Å². The molecule has 0 saturated carbocycles. The molecule has 2 saturated heterocycles. The van der Waals surface area contributed by atoms with Gasteiger partial charge in [-0.05, 0) is 12.1 Å². The van der Waals surface area contributed by atoms with E-state index in [9.17, 15) is 29.1 Å². The van der Waals surface area contributed by atoms with E-state index in [1.807, 2.05) is 0 Å². The van der Waals surface area contributed by atoms with Crippen LogP contribution < -0.4 is 16.7 Å². The Morgan fingerprint density at radius 3 is 2.73 bits per heavy atom. The maximum atomic E-state index is 13.0. The lowest BCUT2D eigenvalue weighted by molar-refractivity contribution is -0.157. The number of rotatable bonds is 10. The number of fused-ring (bicyclic) bond motifs is 2. The van der Waals surface area contributed by atoms with Crippen molar-refractivity contribution in [3.05, 3.63) is 28.4 Å². The molecule has 5 heterocycles. The number of carboxylic acids is 2. The zero-order valence-corrected chi connectivity index (χ0v) is 23.3. The van der Waals surface area contributed by atoms with Crippen LogP contribution in [0.4, 0.5) is 5.13 Å². The number of oxime groups is 1. The molecule has 2 amide bonds. The van der Waals surface area contributed by atoms with Crippen molar-refractivity contribution in [2.24, 2.45) is 10.6 Å². The van der Waals surface area contributed by atoms with Gasteiger partial charge in [0.1, 0.15) is 35.5 Å². The Bertz CT molecular complexity index is 1650. The number of nitrogens with two attached hydrogens (primary N) is 1. The van der Waals surface area contributed by atoms with Crippen molar-refractivity contribution in [3.63, 3.8) is 0 Å². The van der Waals surface area contributed by atoms with E-state index in [1.54, 1.807) is 0 Å². The number of aromatic nitrogens is 6. The van der Waals surface area contributed by atoms with Crippen LogP contribution in [0.15, 0.2) is 27.1 Å². The highest BCUT2D eigenvalue weighted by Gasteiger charge is 2.57. The van der Waals surface area contributed by atoms with E-state index in [2.05, 4.69) is 30.0 Å². The predicted octanol–water partition coefficient (Wildman–Crippen LogP) is -1.98. The maximum absolute atomic E-state index is 13.0. The molecule has 2 aliphatic rings. The standard InChI is InChI=1S/C20H20N10O8S3/c1-38-26-11(13-23-18(21)41-27-13)14(33)22-12-15(34)28-5-20(17(35)36,7-40-16(12)28)6-39-9-3-2-8-24-29(4-10(31)32)19(37)30(8)25-9/h2-3,12,16H,4-7H2,1H3,(H,22,33)(H,31,32)(H,35,36)(H2,21,23,27)/t12?,16-,20?/m1/s1. The van der Waals surface area contributed by atoms with Gasteiger partial charge in [-0.1, -0.05) is 5.16 Å². The number of nitrogens with one attached hydrogen (secondary N) is 1. The number of nitrogen functional groups attached to an aromatic ring is 1. The van der Waals surface area contributed by atoms with Crippen LogP contribution in [0.3, 0.4) is 0 Å². The first-order chi connectivity index (χ1) is 19.5. The zero-order valence-electron chi connectivity index (χ0n) is 20.9. The topological polar surface area (TPSA) is 250 Å². The molecule has 0 spiro atoms. The van der Waals surface area contributed by atoms with E-state index in [0.29, 0.717) is 5.03 Å². The monoisotopic (exact) mass is 624 g/mol. The van der Waals surface area contributed by atoms with Crippen LogP contribution in [0, 0.1) is 5.41 Å². The van der Waals surface area contributed by atoms with Gasteiger partial charge in [-0.2, -0.15) is 23.7 Å². The molecule has 216 valence electrons. The number of thioether (sulfide) groups is 2. The molecule has 0 aromatic carbocycles. The summed E-state index contributed by atoms with van der Waals surface area (Å²) < 4.78 is 5.63. The number of carbonyl (C=O) groups is 4. The Balaban J connectivity index is 1.26. The molecule has 18 nitrogen and oxygen atoms in total. The summed E-state index contributed by atoms with van der Waals surface area (Å²) >= 11 is 3.14.